The van der Waals surface area contributed by atoms with Crippen LogP contribution in [0.15, 0.2) is 30.3 Å². The second-order valence-corrected chi connectivity index (χ2v) is 5.96. The van der Waals surface area contributed by atoms with E-state index in [0.29, 0.717) is 18.6 Å². The maximum Gasteiger partial charge on any atom is 0.320 e. The summed E-state index contributed by atoms with van der Waals surface area (Å²) in [6, 6.07) is 9.85. The molecule has 0 amide bonds. The second-order valence-electron chi connectivity index (χ2n) is 5.96. The molecule has 1 saturated heterocycles. The highest BCUT2D eigenvalue weighted by Gasteiger charge is 2.42. The topological polar surface area (TPSA) is 29.5 Å². The highest BCUT2D eigenvalue weighted by Crippen LogP contribution is 2.47. The molecule has 0 atom stereocenters. The van der Waals surface area contributed by atoms with Crippen molar-refractivity contribution in [2.24, 2.45) is 5.41 Å². The van der Waals surface area contributed by atoms with E-state index in [9.17, 15) is 4.79 Å². The Morgan fingerprint density at radius 3 is 2.63 bits per heavy atom. The number of rotatable bonds is 4. The number of benzene rings is 1. The molecule has 1 aliphatic carbocycles. The molecule has 1 heterocycles. The lowest BCUT2D eigenvalue weighted by molar-refractivity contribution is -0.146. The average molecular weight is 259 g/mol. The van der Waals surface area contributed by atoms with Crippen LogP contribution in [0.2, 0.25) is 0 Å². The van der Waals surface area contributed by atoms with Crippen molar-refractivity contribution in [3.63, 3.8) is 0 Å². The molecule has 1 spiro atoms. The Morgan fingerprint density at radius 1 is 1.21 bits per heavy atom. The van der Waals surface area contributed by atoms with Crippen LogP contribution in [0, 0.1) is 5.41 Å². The number of hydrogen-bond donors (Lipinski definition) is 0. The van der Waals surface area contributed by atoms with Gasteiger partial charge in [0.2, 0.25) is 0 Å². The van der Waals surface area contributed by atoms with Gasteiger partial charge in [-0.25, -0.2) is 0 Å². The van der Waals surface area contributed by atoms with Crippen LogP contribution in [0.4, 0.5) is 0 Å². The van der Waals surface area contributed by atoms with Gasteiger partial charge in [0.15, 0.2) is 0 Å². The Morgan fingerprint density at radius 2 is 2.00 bits per heavy atom. The van der Waals surface area contributed by atoms with E-state index in [4.69, 9.17) is 4.74 Å². The predicted molar refractivity (Wildman–Crippen MR) is 73.6 cm³/mol. The van der Waals surface area contributed by atoms with Gasteiger partial charge in [0.05, 0.1) is 6.54 Å². The van der Waals surface area contributed by atoms with Crippen LogP contribution < -0.4 is 0 Å². The molecule has 3 rings (SSSR count). The minimum Gasteiger partial charge on any atom is -0.460 e. The van der Waals surface area contributed by atoms with Crippen molar-refractivity contribution >= 4 is 5.97 Å². The minimum absolute atomic E-state index is 0.0970. The molecule has 1 aliphatic heterocycles. The molecule has 1 saturated carbocycles. The summed E-state index contributed by atoms with van der Waals surface area (Å²) in [4.78, 5) is 14.1. The average Bonchev–Trinajstić information content (AvgIpc) is 2.82. The van der Waals surface area contributed by atoms with Crippen molar-refractivity contribution < 1.29 is 9.53 Å². The van der Waals surface area contributed by atoms with Crippen LogP contribution in [-0.4, -0.2) is 30.5 Å². The van der Waals surface area contributed by atoms with E-state index >= 15 is 0 Å². The van der Waals surface area contributed by atoms with Crippen molar-refractivity contribution in [2.75, 3.05) is 19.6 Å². The summed E-state index contributed by atoms with van der Waals surface area (Å²) in [5.41, 5.74) is 1.60. The van der Waals surface area contributed by atoms with E-state index in [2.05, 4.69) is 4.90 Å². The van der Waals surface area contributed by atoms with Gasteiger partial charge in [0.1, 0.15) is 6.61 Å². The SMILES string of the molecule is O=C(CN1CCC2(CCC2)C1)OCc1ccccc1. The van der Waals surface area contributed by atoms with Crippen molar-refractivity contribution in [1.29, 1.82) is 0 Å². The standard InChI is InChI=1S/C16H21NO2/c18-15(19-12-14-5-2-1-3-6-14)11-17-10-9-16(13-17)7-4-8-16/h1-3,5-6H,4,7-13H2. The monoisotopic (exact) mass is 259 g/mol. The fraction of sp³-hybridized carbons (Fsp3) is 0.562. The first kappa shape index (κ1) is 12.7. The number of carbonyl (C=O) groups excluding carboxylic acids is 1. The quantitative estimate of drug-likeness (QED) is 0.778. The lowest BCUT2D eigenvalue weighted by atomic mass is 9.68. The fourth-order valence-corrected chi connectivity index (χ4v) is 3.21. The minimum atomic E-state index is -0.0970. The molecule has 3 nitrogen and oxygen atoms in total. The number of carbonyl (C=O) groups is 1. The molecule has 2 fully saturated rings. The van der Waals surface area contributed by atoms with Crippen molar-refractivity contribution in [3.8, 4) is 0 Å². The highest BCUT2D eigenvalue weighted by molar-refractivity contribution is 5.71. The Bertz CT molecular complexity index is 439. The van der Waals surface area contributed by atoms with Gasteiger partial charge in [-0.15, -0.1) is 0 Å². The van der Waals surface area contributed by atoms with Crippen LogP contribution in [0.1, 0.15) is 31.2 Å². The summed E-state index contributed by atoms with van der Waals surface area (Å²) in [5, 5.41) is 0. The first-order chi connectivity index (χ1) is 9.26. The molecule has 1 aromatic carbocycles. The summed E-state index contributed by atoms with van der Waals surface area (Å²) in [6.07, 6.45) is 5.33. The molecule has 0 N–H and O–H groups in total. The third-order valence-electron chi connectivity index (χ3n) is 4.53. The lowest BCUT2D eigenvalue weighted by Crippen LogP contribution is -2.35. The predicted octanol–water partition coefficient (Wildman–Crippen LogP) is 2.61. The van der Waals surface area contributed by atoms with Gasteiger partial charge >= 0.3 is 5.97 Å². The number of hydrogen-bond acceptors (Lipinski definition) is 3. The summed E-state index contributed by atoms with van der Waals surface area (Å²) >= 11 is 0. The van der Waals surface area contributed by atoms with Gasteiger partial charge in [-0.2, -0.15) is 0 Å². The Balaban J connectivity index is 1.42. The molecule has 19 heavy (non-hydrogen) atoms. The van der Waals surface area contributed by atoms with E-state index in [1.165, 1.54) is 25.7 Å². The second kappa shape index (κ2) is 5.33. The largest absolute Gasteiger partial charge is 0.460 e. The zero-order valence-corrected chi connectivity index (χ0v) is 11.3. The van der Waals surface area contributed by atoms with Crippen LogP contribution in [-0.2, 0) is 16.1 Å². The number of nitrogens with zero attached hydrogens (tertiary/aromatic N) is 1. The Labute approximate surface area is 114 Å². The molecule has 1 aromatic rings. The summed E-state index contributed by atoms with van der Waals surface area (Å²) < 4.78 is 5.33. The normalized spacial score (nSPS) is 21.3. The smallest absolute Gasteiger partial charge is 0.320 e. The zero-order chi connectivity index (χ0) is 13.1. The fourth-order valence-electron chi connectivity index (χ4n) is 3.21. The zero-order valence-electron chi connectivity index (χ0n) is 11.3. The molecule has 0 aromatic heterocycles. The lowest BCUT2D eigenvalue weighted by Gasteiger charge is -2.38. The first-order valence-corrected chi connectivity index (χ1v) is 7.18. The maximum atomic E-state index is 11.8. The third-order valence-corrected chi connectivity index (χ3v) is 4.53. The molecule has 0 bridgehead atoms. The van der Waals surface area contributed by atoms with Crippen molar-refractivity contribution in [2.45, 2.75) is 32.3 Å². The maximum absolute atomic E-state index is 11.8. The molecule has 0 radical (unpaired) electrons. The molecular weight excluding hydrogens is 238 g/mol. The van der Waals surface area contributed by atoms with Gasteiger partial charge in [-0.1, -0.05) is 36.8 Å². The van der Waals surface area contributed by atoms with Crippen LogP contribution in [0.5, 0.6) is 0 Å². The number of esters is 1. The third kappa shape index (κ3) is 2.98. The molecule has 3 heteroatoms. The van der Waals surface area contributed by atoms with Gasteiger partial charge in [0, 0.05) is 6.54 Å². The molecule has 102 valence electrons. The molecular formula is C16H21NO2. The molecule has 2 aliphatic rings. The summed E-state index contributed by atoms with van der Waals surface area (Å²) in [5.74, 6) is -0.0970. The Kier molecular flexibility index (Phi) is 3.56. The highest BCUT2D eigenvalue weighted by atomic mass is 16.5. The van der Waals surface area contributed by atoms with Crippen LogP contribution in [0.25, 0.3) is 0 Å². The van der Waals surface area contributed by atoms with E-state index in [-0.39, 0.29) is 5.97 Å². The molecule has 0 unspecified atom stereocenters. The van der Waals surface area contributed by atoms with Crippen LogP contribution in [0.3, 0.4) is 0 Å². The van der Waals surface area contributed by atoms with Gasteiger partial charge in [0.25, 0.3) is 0 Å². The first-order valence-electron chi connectivity index (χ1n) is 7.18. The Hall–Kier alpha value is -1.35. The van der Waals surface area contributed by atoms with E-state index in [0.717, 1.165) is 18.7 Å². The van der Waals surface area contributed by atoms with E-state index in [1.54, 1.807) is 0 Å². The van der Waals surface area contributed by atoms with Crippen molar-refractivity contribution in [3.05, 3.63) is 35.9 Å². The number of likely N-dealkylation sites (tertiary alicyclic amines) is 1. The summed E-state index contributed by atoms with van der Waals surface area (Å²) in [7, 11) is 0. The van der Waals surface area contributed by atoms with Gasteiger partial charge < -0.3 is 4.74 Å². The van der Waals surface area contributed by atoms with Gasteiger partial charge in [-0.05, 0) is 36.8 Å². The van der Waals surface area contributed by atoms with Crippen molar-refractivity contribution in [1.82, 2.24) is 4.90 Å². The van der Waals surface area contributed by atoms with Crippen LogP contribution >= 0.6 is 0 Å². The van der Waals surface area contributed by atoms with Gasteiger partial charge in [-0.3, -0.25) is 9.69 Å². The summed E-state index contributed by atoms with van der Waals surface area (Å²) in [6.45, 7) is 2.99. The van der Waals surface area contributed by atoms with E-state index < -0.39 is 0 Å². The number of ether oxygens (including phenoxy) is 1. The van der Waals surface area contributed by atoms with E-state index in [1.807, 2.05) is 30.3 Å².